The van der Waals surface area contributed by atoms with Crippen molar-refractivity contribution in [2.45, 2.75) is 18.7 Å². The number of amides is 1. The van der Waals surface area contributed by atoms with E-state index in [1.807, 2.05) is 26.0 Å². The Morgan fingerprint density at radius 3 is 2.59 bits per heavy atom. The predicted octanol–water partition coefficient (Wildman–Crippen LogP) is 3.82. The summed E-state index contributed by atoms with van der Waals surface area (Å²) in [7, 11) is 1.58. The average molecular weight is 365 g/mol. The lowest BCUT2D eigenvalue weighted by Crippen LogP contribution is -2.27. The SMILES string of the molecule is COc1ccc(Br)cc1NC(=O)C(Br)C(C)C. The Morgan fingerprint density at radius 1 is 1.41 bits per heavy atom. The van der Waals surface area contributed by atoms with E-state index in [0.717, 1.165) is 4.47 Å². The molecule has 5 heteroatoms. The Morgan fingerprint density at radius 2 is 2.06 bits per heavy atom. The van der Waals surface area contributed by atoms with Crippen LogP contribution < -0.4 is 10.1 Å². The van der Waals surface area contributed by atoms with E-state index < -0.39 is 0 Å². The van der Waals surface area contributed by atoms with E-state index in [-0.39, 0.29) is 16.7 Å². The molecule has 0 heterocycles. The van der Waals surface area contributed by atoms with Crippen LogP contribution >= 0.6 is 31.9 Å². The first-order valence-corrected chi connectivity index (χ1v) is 6.95. The van der Waals surface area contributed by atoms with Crippen molar-refractivity contribution in [3.63, 3.8) is 0 Å². The Hall–Kier alpha value is -0.550. The van der Waals surface area contributed by atoms with Gasteiger partial charge in [0.15, 0.2) is 0 Å². The van der Waals surface area contributed by atoms with Crippen LogP contribution in [0.15, 0.2) is 22.7 Å². The van der Waals surface area contributed by atoms with Crippen LogP contribution in [-0.4, -0.2) is 17.8 Å². The van der Waals surface area contributed by atoms with Gasteiger partial charge in [-0.15, -0.1) is 0 Å². The summed E-state index contributed by atoms with van der Waals surface area (Å²) in [5.41, 5.74) is 0.664. The topological polar surface area (TPSA) is 38.3 Å². The fourth-order valence-electron chi connectivity index (χ4n) is 1.28. The third-order valence-corrected chi connectivity index (χ3v) is 4.22. The number of benzene rings is 1. The lowest BCUT2D eigenvalue weighted by molar-refractivity contribution is -0.116. The van der Waals surface area contributed by atoms with Gasteiger partial charge in [-0.1, -0.05) is 45.7 Å². The van der Waals surface area contributed by atoms with E-state index in [0.29, 0.717) is 11.4 Å². The zero-order valence-electron chi connectivity index (χ0n) is 9.96. The number of carbonyl (C=O) groups is 1. The van der Waals surface area contributed by atoms with Gasteiger partial charge in [-0.3, -0.25) is 4.79 Å². The van der Waals surface area contributed by atoms with Gasteiger partial charge in [0.25, 0.3) is 0 Å². The second-order valence-electron chi connectivity index (χ2n) is 3.98. The second kappa shape index (κ2) is 6.40. The van der Waals surface area contributed by atoms with Gasteiger partial charge in [0, 0.05) is 4.47 Å². The highest BCUT2D eigenvalue weighted by molar-refractivity contribution is 9.10. The minimum atomic E-state index is -0.216. The van der Waals surface area contributed by atoms with Crippen LogP contribution in [0.1, 0.15) is 13.8 Å². The fraction of sp³-hybridized carbons (Fsp3) is 0.417. The summed E-state index contributed by atoms with van der Waals surface area (Å²) in [5.74, 6) is 0.801. The zero-order chi connectivity index (χ0) is 13.0. The van der Waals surface area contributed by atoms with Crippen LogP contribution in [0.3, 0.4) is 0 Å². The Balaban J connectivity index is 2.87. The average Bonchev–Trinajstić information content (AvgIpc) is 2.28. The highest BCUT2D eigenvalue weighted by atomic mass is 79.9. The highest BCUT2D eigenvalue weighted by Crippen LogP contribution is 2.28. The standard InChI is InChI=1S/C12H15Br2NO2/c1-7(2)11(14)12(16)15-9-6-8(13)4-5-10(9)17-3/h4-7,11H,1-3H3,(H,15,16). The molecule has 0 aromatic heterocycles. The Labute approximate surface area is 118 Å². The summed E-state index contributed by atoms with van der Waals surface area (Å²) in [6.45, 7) is 3.97. The Kier molecular flexibility index (Phi) is 5.46. The number of carbonyl (C=O) groups excluding carboxylic acids is 1. The minimum absolute atomic E-state index is 0.0728. The lowest BCUT2D eigenvalue weighted by atomic mass is 10.1. The van der Waals surface area contributed by atoms with Crippen LogP contribution in [0.4, 0.5) is 5.69 Å². The molecule has 0 aliphatic rings. The van der Waals surface area contributed by atoms with Gasteiger partial charge in [0.1, 0.15) is 5.75 Å². The number of ether oxygens (including phenoxy) is 1. The summed E-state index contributed by atoms with van der Waals surface area (Å²) in [6, 6.07) is 5.48. The molecule has 3 nitrogen and oxygen atoms in total. The third kappa shape index (κ3) is 4.00. The second-order valence-corrected chi connectivity index (χ2v) is 5.88. The molecule has 0 aliphatic heterocycles. The third-order valence-electron chi connectivity index (χ3n) is 2.26. The molecule has 1 N–H and O–H groups in total. The van der Waals surface area contributed by atoms with Gasteiger partial charge in [0.05, 0.1) is 17.6 Å². The number of anilines is 1. The van der Waals surface area contributed by atoms with Crippen molar-refractivity contribution in [3.05, 3.63) is 22.7 Å². The van der Waals surface area contributed by atoms with Gasteiger partial charge in [-0.25, -0.2) is 0 Å². The zero-order valence-corrected chi connectivity index (χ0v) is 13.1. The van der Waals surface area contributed by atoms with Crippen molar-refractivity contribution < 1.29 is 9.53 Å². The van der Waals surface area contributed by atoms with Crippen LogP contribution in [0.2, 0.25) is 0 Å². The van der Waals surface area contributed by atoms with Crippen molar-refractivity contribution in [1.82, 2.24) is 0 Å². The predicted molar refractivity (Wildman–Crippen MR) is 76.9 cm³/mol. The molecule has 1 amide bonds. The molecule has 0 radical (unpaired) electrons. The smallest absolute Gasteiger partial charge is 0.238 e. The molecule has 1 aromatic rings. The molecule has 94 valence electrons. The first-order valence-electron chi connectivity index (χ1n) is 5.24. The molecule has 0 bridgehead atoms. The molecule has 1 rings (SSSR count). The normalized spacial score (nSPS) is 12.4. The molecule has 0 spiro atoms. The maximum atomic E-state index is 11.9. The van der Waals surface area contributed by atoms with Gasteiger partial charge >= 0.3 is 0 Å². The molecule has 0 aliphatic carbocycles. The molecular weight excluding hydrogens is 350 g/mol. The number of alkyl halides is 1. The summed E-state index contributed by atoms with van der Waals surface area (Å²) >= 11 is 6.73. The number of hydrogen-bond acceptors (Lipinski definition) is 2. The molecule has 0 fully saturated rings. The number of rotatable bonds is 4. The Bertz CT molecular complexity index is 407. The van der Waals surface area contributed by atoms with Crippen molar-refractivity contribution in [2.75, 3.05) is 12.4 Å². The van der Waals surface area contributed by atoms with Crippen molar-refractivity contribution in [1.29, 1.82) is 0 Å². The molecule has 17 heavy (non-hydrogen) atoms. The lowest BCUT2D eigenvalue weighted by Gasteiger charge is -2.15. The number of methoxy groups -OCH3 is 1. The minimum Gasteiger partial charge on any atom is -0.495 e. The van der Waals surface area contributed by atoms with Crippen LogP contribution in [0.25, 0.3) is 0 Å². The molecule has 0 saturated carbocycles. The molecule has 0 saturated heterocycles. The van der Waals surface area contributed by atoms with Gasteiger partial charge in [0.2, 0.25) is 5.91 Å². The van der Waals surface area contributed by atoms with Gasteiger partial charge in [-0.2, -0.15) is 0 Å². The van der Waals surface area contributed by atoms with Crippen molar-refractivity contribution in [3.8, 4) is 5.75 Å². The summed E-state index contributed by atoms with van der Waals surface area (Å²) in [6.07, 6.45) is 0. The van der Waals surface area contributed by atoms with E-state index >= 15 is 0 Å². The number of nitrogens with one attached hydrogen (secondary N) is 1. The maximum absolute atomic E-state index is 11.9. The number of halogens is 2. The summed E-state index contributed by atoms with van der Waals surface area (Å²) < 4.78 is 6.08. The molecule has 1 unspecified atom stereocenters. The van der Waals surface area contributed by atoms with Crippen LogP contribution in [0.5, 0.6) is 5.75 Å². The van der Waals surface area contributed by atoms with Crippen molar-refractivity contribution >= 4 is 43.5 Å². The monoisotopic (exact) mass is 363 g/mol. The summed E-state index contributed by atoms with van der Waals surface area (Å²) in [5, 5.41) is 2.84. The fourth-order valence-corrected chi connectivity index (χ4v) is 1.76. The van der Waals surface area contributed by atoms with Gasteiger partial charge < -0.3 is 10.1 Å². The van der Waals surface area contributed by atoms with Crippen LogP contribution in [0, 0.1) is 5.92 Å². The van der Waals surface area contributed by atoms with Crippen molar-refractivity contribution in [2.24, 2.45) is 5.92 Å². The maximum Gasteiger partial charge on any atom is 0.238 e. The van der Waals surface area contributed by atoms with E-state index in [9.17, 15) is 4.79 Å². The largest absolute Gasteiger partial charge is 0.495 e. The van der Waals surface area contributed by atoms with E-state index in [4.69, 9.17) is 4.74 Å². The summed E-state index contributed by atoms with van der Waals surface area (Å²) in [4.78, 5) is 11.7. The van der Waals surface area contributed by atoms with E-state index in [1.54, 1.807) is 13.2 Å². The van der Waals surface area contributed by atoms with E-state index in [1.165, 1.54) is 0 Å². The molecular formula is C12H15Br2NO2. The van der Waals surface area contributed by atoms with Crippen LogP contribution in [-0.2, 0) is 4.79 Å². The first kappa shape index (κ1) is 14.5. The highest BCUT2D eigenvalue weighted by Gasteiger charge is 2.19. The van der Waals surface area contributed by atoms with E-state index in [2.05, 4.69) is 37.2 Å². The molecule has 1 aromatic carbocycles. The first-order chi connectivity index (χ1) is 7.95. The van der Waals surface area contributed by atoms with Gasteiger partial charge in [-0.05, 0) is 24.1 Å². The molecule has 1 atom stereocenters. The number of hydrogen-bond donors (Lipinski definition) is 1. The quantitative estimate of drug-likeness (QED) is 0.825.